The topological polar surface area (TPSA) is 82.5 Å². The monoisotopic (exact) mass is 272 g/mol. The molecule has 0 aliphatic carbocycles. The molecule has 0 unspecified atom stereocenters. The number of pyridine rings is 1. The van der Waals surface area contributed by atoms with E-state index < -0.39 is 0 Å². The van der Waals surface area contributed by atoms with Gasteiger partial charge in [-0.1, -0.05) is 0 Å². The van der Waals surface area contributed by atoms with Crippen molar-refractivity contribution in [2.24, 2.45) is 0 Å². The van der Waals surface area contributed by atoms with Crippen LogP contribution in [-0.2, 0) is 6.42 Å². The molecule has 0 bridgehead atoms. The van der Waals surface area contributed by atoms with Crippen molar-refractivity contribution in [3.05, 3.63) is 53.3 Å². The molecule has 1 aromatic heterocycles. The molecular formula is C15H16N2O3. The van der Waals surface area contributed by atoms with Crippen molar-refractivity contribution in [2.75, 3.05) is 6.54 Å². The number of aromatic nitrogens is 1. The van der Waals surface area contributed by atoms with Gasteiger partial charge in [-0.25, -0.2) is 0 Å². The molecule has 20 heavy (non-hydrogen) atoms. The molecule has 5 heteroatoms. The first-order valence-corrected chi connectivity index (χ1v) is 6.27. The van der Waals surface area contributed by atoms with Crippen molar-refractivity contribution in [1.82, 2.24) is 10.3 Å². The first-order valence-electron chi connectivity index (χ1n) is 6.27. The van der Waals surface area contributed by atoms with Crippen LogP contribution in [0.5, 0.6) is 11.5 Å². The molecule has 2 rings (SSSR count). The first-order chi connectivity index (χ1) is 9.56. The van der Waals surface area contributed by atoms with Gasteiger partial charge in [0.05, 0.1) is 0 Å². The van der Waals surface area contributed by atoms with Crippen molar-refractivity contribution in [3.8, 4) is 11.5 Å². The molecule has 0 fully saturated rings. The highest BCUT2D eigenvalue weighted by Crippen LogP contribution is 2.20. The minimum Gasteiger partial charge on any atom is -0.508 e. The van der Waals surface area contributed by atoms with Gasteiger partial charge in [0.2, 0.25) is 0 Å². The molecule has 0 saturated heterocycles. The molecule has 0 atom stereocenters. The van der Waals surface area contributed by atoms with E-state index >= 15 is 0 Å². The van der Waals surface area contributed by atoms with Gasteiger partial charge in [-0.3, -0.25) is 9.78 Å². The SMILES string of the molecule is Cc1cnccc1CCNC(=O)c1cc(O)cc(O)c1. The molecule has 0 spiro atoms. The highest BCUT2D eigenvalue weighted by atomic mass is 16.3. The zero-order valence-electron chi connectivity index (χ0n) is 11.1. The Labute approximate surface area is 116 Å². The number of rotatable bonds is 4. The lowest BCUT2D eigenvalue weighted by atomic mass is 10.1. The van der Waals surface area contributed by atoms with E-state index in [1.165, 1.54) is 18.2 Å². The second kappa shape index (κ2) is 6.06. The number of nitrogens with zero attached hydrogens (tertiary/aromatic N) is 1. The van der Waals surface area contributed by atoms with Crippen LogP contribution in [0.2, 0.25) is 0 Å². The molecule has 1 amide bonds. The van der Waals surface area contributed by atoms with Crippen LogP contribution in [0.1, 0.15) is 21.5 Å². The van der Waals surface area contributed by atoms with E-state index in [0.717, 1.165) is 11.1 Å². The number of nitrogens with one attached hydrogen (secondary N) is 1. The van der Waals surface area contributed by atoms with E-state index in [2.05, 4.69) is 10.3 Å². The summed E-state index contributed by atoms with van der Waals surface area (Å²) in [4.78, 5) is 15.9. The van der Waals surface area contributed by atoms with E-state index in [9.17, 15) is 15.0 Å². The number of carbonyl (C=O) groups excluding carboxylic acids is 1. The van der Waals surface area contributed by atoms with Crippen LogP contribution in [-0.4, -0.2) is 27.6 Å². The number of benzene rings is 1. The molecule has 2 aromatic rings. The summed E-state index contributed by atoms with van der Waals surface area (Å²) in [7, 11) is 0. The predicted octanol–water partition coefficient (Wildman–Crippen LogP) is 1.77. The van der Waals surface area contributed by atoms with Crippen LogP contribution in [0.3, 0.4) is 0 Å². The third-order valence-electron chi connectivity index (χ3n) is 2.98. The van der Waals surface area contributed by atoms with Crippen LogP contribution >= 0.6 is 0 Å². The summed E-state index contributed by atoms with van der Waals surface area (Å²) in [6, 6.07) is 5.72. The normalized spacial score (nSPS) is 10.2. The lowest BCUT2D eigenvalue weighted by molar-refractivity contribution is 0.0953. The molecule has 0 aliphatic heterocycles. The van der Waals surface area contributed by atoms with Gasteiger partial charge in [0.1, 0.15) is 11.5 Å². The van der Waals surface area contributed by atoms with Crippen molar-refractivity contribution >= 4 is 5.91 Å². The average molecular weight is 272 g/mol. The standard InChI is InChI=1S/C15H16N2O3/c1-10-9-16-4-2-11(10)3-5-17-15(20)12-6-13(18)8-14(19)7-12/h2,4,6-9,18-19H,3,5H2,1H3,(H,17,20). The second-order valence-electron chi connectivity index (χ2n) is 4.55. The quantitative estimate of drug-likeness (QED) is 0.792. The Hall–Kier alpha value is -2.56. The third kappa shape index (κ3) is 3.47. The summed E-state index contributed by atoms with van der Waals surface area (Å²) in [5.41, 5.74) is 2.43. The van der Waals surface area contributed by atoms with Crippen molar-refractivity contribution < 1.29 is 15.0 Å². The number of phenols is 2. The van der Waals surface area contributed by atoms with Gasteiger partial charge in [-0.05, 0) is 42.7 Å². The molecule has 3 N–H and O–H groups in total. The fraction of sp³-hybridized carbons (Fsp3) is 0.200. The number of phenolic OH excluding ortho intramolecular Hbond substituents is 2. The number of amides is 1. The van der Waals surface area contributed by atoms with Gasteiger partial charge >= 0.3 is 0 Å². The lowest BCUT2D eigenvalue weighted by Gasteiger charge is -2.08. The van der Waals surface area contributed by atoms with Crippen molar-refractivity contribution in [2.45, 2.75) is 13.3 Å². The number of hydrogen-bond donors (Lipinski definition) is 3. The van der Waals surface area contributed by atoms with Crippen molar-refractivity contribution in [3.63, 3.8) is 0 Å². The van der Waals surface area contributed by atoms with Gasteiger partial charge in [-0.2, -0.15) is 0 Å². The maximum absolute atomic E-state index is 11.9. The van der Waals surface area contributed by atoms with Crippen molar-refractivity contribution in [1.29, 1.82) is 0 Å². The smallest absolute Gasteiger partial charge is 0.251 e. The summed E-state index contributed by atoms with van der Waals surface area (Å²) >= 11 is 0. The predicted molar refractivity (Wildman–Crippen MR) is 74.8 cm³/mol. The van der Waals surface area contributed by atoms with E-state index in [1.54, 1.807) is 12.4 Å². The van der Waals surface area contributed by atoms with E-state index in [0.29, 0.717) is 13.0 Å². The van der Waals surface area contributed by atoms with Crippen LogP contribution in [0.4, 0.5) is 0 Å². The van der Waals surface area contributed by atoms with E-state index in [4.69, 9.17) is 0 Å². The summed E-state index contributed by atoms with van der Waals surface area (Å²) in [5.74, 6) is -0.608. The number of hydrogen-bond acceptors (Lipinski definition) is 4. The molecule has 5 nitrogen and oxygen atoms in total. The van der Waals surface area contributed by atoms with Crippen LogP contribution in [0, 0.1) is 6.92 Å². The molecule has 1 heterocycles. The number of carbonyl (C=O) groups is 1. The Balaban J connectivity index is 1.94. The van der Waals surface area contributed by atoms with Gasteiger partial charge < -0.3 is 15.5 Å². The van der Waals surface area contributed by atoms with Gasteiger partial charge in [0.25, 0.3) is 5.91 Å². The van der Waals surface area contributed by atoms with Crippen LogP contribution in [0.15, 0.2) is 36.7 Å². The fourth-order valence-corrected chi connectivity index (χ4v) is 1.92. The Kier molecular flexibility index (Phi) is 4.20. The fourth-order valence-electron chi connectivity index (χ4n) is 1.92. The zero-order valence-corrected chi connectivity index (χ0v) is 11.1. The maximum Gasteiger partial charge on any atom is 0.251 e. The number of aromatic hydroxyl groups is 2. The van der Waals surface area contributed by atoms with Crippen LogP contribution < -0.4 is 5.32 Å². The Morgan fingerprint density at radius 3 is 2.60 bits per heavy atom. The average Bonchev–Trinajstić information content (AvgIpc) is 2.39. The largest absolute Gasteiger partial charge is 0.508 e. The molecule has 104 valence electrons. The summed E-state index contributed by atoms with van der Waals surface area (Å²) in [5, 5.41) is 21.4. The minimum absolute atomic E-state index is 0.139. The Bertz CT molecular complexity index is 606. The zero-order chi connectivity index (χ0) is 14.5. The summed E-state index contributed by atoms with van der Waals surface area (Å²) in [6.07, 6.45) is 4.20. The maximum atomic E-state index is 11.9. The summed E-state index contributed by atoms with van der Waals surface area (Å²) in [6.45, 7) is 2.44. The first kappa shape index (κ1) is 13.9. The second-order valence-corrected chi connectivity index (χ2v) is 4.55. The lowest BCUT2D eigenvalue weighted by Crippen LogP contribution is -2.25. The third-order valence-corrected chi connectivity index (χ3v) is 2.98. The molecule has 1 aromatic carbocycles. The molecule has 0 radical (unpaired) electrons. The number of aryl methyl sites for hydroxylation is 1. The highest BCUT2D eigenvalue weighted by molar-refractivity contribution is 5.95. The van der Waals surface area contributed by atoms with Gasteiger partial charge in [-0.15, -0.1) is 0 Å². The van der Waals surface area contributed by atoms with E-state index in [-0.39, 0.29) is 23.0 Å². The summed E-state index contributed by atoms with van der Waals surface area (Å²) < 4.78 is 0. The molecular weight excluding hydrogens is 256 g/mol. The van der Waals surface area contributed by atoms with Crippen LogP contribution in [0.25, 0.3) is 0 Å². The molecule has 0 aliphatic rings. The van der Waals surface area contributed by atoms with Gasteiger partial charge in [0, 0.05) is 30.6 Å². The van der Waals surface area contributed by atoms with E-state index in [1.807, 2.05) is 13.0 Å². The highest BCUT2D eigenvalue weighted by Gasteiger charge is 2.08. The minimum atomic E-state index is -0.331. The molecule has 0 saturated carbocycles. The van der Waals surface area contributed by atoms with Gasteiger partial charge in [0.15, 0.2) is 0 Å². The Morgan fingerprint density at radius 1 is 1.25 bits per heavy atom. The Morgan fingerprint density at radius 2 is 1.95 bits per heavy atom.